The average Bonchev–Trinajstić information content (AvgIpc) is 2.38. The van der Waals surface area contributed by atoms with Crippen LogP contribution in [0.5, 0.6) is 0 Å². The number of benzene rings is 1. The molecule has 1 aromatic carbocycles. The molecule has 0 amide bonds. The average molecular weight is 346 g/mol. The van der Waals surface area contributed by atoms with Gasteiger partial charge in [-0.05, 0) is 28.1 Å². The van der Waals surface area contributed by atoms with Crippen molar-refractivity contribution in [3.63, 3.8) is 0 Å². The van der Waals surface area contributed by atoms with E-state index in [9.17, 15) is 13.2 Å². The van der Waals surface area contributed by atoms with Crippen molar-refractivity contribution in [2.75, 3.05) is 0 Å². The van der Waals surface area contributed by atoms with Crippen molar-refractivity contribution in [2.24, 2.45) is 5.84 Å². The Morgan fingerprint density at radius 2 is 1.85 bits per heavy atom. The minimum absolute atomic E-state index is 0.170. The third-order valence-electron chi connectivity index (χ3n) is 2.80. The number of hydrogen-bond donors (Lipinski definition) is 2. The van der Waals surface area contributed by atoms with Crippen LogP contribution >= 0.6 is 15.9 Å². The lowest BCUT2D eigenvalue weighted by molar-refractivity contribution is 0.459. The second kappa shape index (κ2) is 6.34. The fraction of sp³-hybridized carbons (Fsp3) is 0.154. The third-order valence-corrected chi connectivity index (χ3v) is 3.26. The van der Waals surface area contributed by atoms with Gasteiger partial charge in [0.25, 0.3) is 0 Å². The molecule has 0 spiro atoms. The Morgan fingerprint density at radius 1 is 1.20 bits per heavy atom. The molecule has 2 aromatic rings. The topological polar surface area (TPSA) is 50.9 Å². The molecular formula is C13H11BrF3N3. The van der Waals surface area contributed by atoms with Crippen LogP contribution in [-0.4, -0.2) is 4.98 Å². The van der Waals surface area contributed by atoms with E-state index in [4.69, 9.17) is 5.84 Å². The van der Waals surface area contributed by atoms with Crippen LogP contribution in [0.25, 0.3) is 0 Å². The number of hydrogen-bond acceptors (Lipinski definition) is 3. The number of nitrogens with two attached hydrogens (primary N) is 1. The molecule has 7 heteroatoms. The predicted octanol–water partition coefficient (Wildman–Crippen LogP) is 3.01. The number of aromatic nitrogens is 1. The van der Waals surface area contributed by atoms with E-state index < -0.39 is 23.5 Å². The van der Waals surface area contributed by atoms with Gasteiger partial charge in [-0.1, -0.05) is 0 Å². The number of hydrazine groups is 1. The molecule has 1 heterocycles. The highest BCUT2D eigenvalue weighted by molar-refractivity contribution is 9.10. The summed E-state index contributed by atoms with van der Waals surface area (Å²) in [6.45, 7) is 0. The summed E-state index contributed by atoms with van der Waals surface area (Å²) in [5.74, 6) is 2.41. The van der Waals surface area contributed by atoms with Gasteiger partial charge in [0.05, 0.1) is 6.04 Å². The van der Waals surface area contributed by atoms with Gasteiger partial charge in [-0.2, -0.15) is 0 Å². The zero-order chi connectivity index (χ0) is 14.7. The zero-order valence-corrected chi connectivity index (χ0v) is 11.8. The molecule has 0 radical (unpaired) electrons. The summed E-state index contributed by atoms with van der Waals surface area (Å²) < 4.78 is 41.1. The Morgan fingerprint density at radius 3 is 2.35 bits per heavy atom. The molecule has 0 aliphatic rings. The lowest BCUT2D eigenvalue weighted by atomic mass is 10.0. The van der Waals surface area contributed by atoms with Gasteiger partial charge >= 0.3 is 0 Å². The Kier molecular flexibility index (Phi) is 4.74. The minimum atomic E-state index is -0.984. The standard InChI is InChI=1S/C13H11BrF3N3/c14-7-1-2-9(19-6-7)5-12(20-18)13-10(16)3-8(15)4-11(13)17/h1-4,6,12,20H,5,18H2. The summed E-state index contributed by atoms with van der Waals surface area (Å²) in [5, 5.41) is 0. The molecule has 0 aliphatic heterocycles. The highest BCUT2D eigenvalue weighted by Gasteiger charge is 2.21. The van der Waals surface area contributed by atoms with Gasteiger partial charge in [0.2, 0.25) is 0 Å². The van der Waals surface area contributed by atoms with Crippen molar-refractivity contribution in [1.82, 2.24) is 10.4 Å². The summed E-state index contributed by atoms with van der Waals surface area (Å²) in [7, 11) is 0. The summed E-state index contributed by atoms with van der Waals surface area (Å²) in [5.41, 5.74) is 2.62. The summed E-state index contributed by atoms with van der Waals surface area (Å²) in [6.07, 6.45) is 1.74. The van der Waals surface area contributed by atoms with Gasteiger partial charge in [-0.15, -0.1) is 0 Å². The predicted molar refractivity (Wildman–Crippen MR) is 72.0 cm³/mol. The molecule has 1 aromatic heterocycles. The quantitative estimate of drug-likeness (QED) is 0.661. The summed E-state index contributed by atoms with van der Waals surface area (Å²) in [4.78, 5) is 4.11. The van der Waals surface area contributed by atoms with Crippen LogP contribution in [0.2, 0.25) is 0 Å². The zero-order valence-electron chi connectivity index (χ0n) is 10.2. The molecule has 0 saturated carbocycles. The van der Waals surface area contributed by atoms with Gasteiger partial charge in [-0.3, -0.25) is 16.3 Å². The van der Waals surface area contributed by atoms with Crippen LogP contribution in [-0.2, 0) is 6.42 Å². The van der Waals surface area contributed by atoms with E-state index in [-0.39, 0.29) is 12.0 Å². The lowest BCUT2D eigenvalue weighted by Crippen LogP contribution is -2.31. The van der Waals surface area contributed by atoms with Gasteiger partial charge in [0.15, 0.2) is 0 Å². The molecule has 2 rings (SSSR count). The van der Waals surface area contributed by atoms with Gasteiger partial charge in [0.1, 0.15) is 17.5 Å². The normalized spacial score (nSPS) is 12.4. The smallest absolute Gasteiger partial charge is 0.133 e. The Hall–Kier alpha value is -1.44. The highest BCUT2D eigenvalue weighted by atomic mass is 79.9. The number of nitrogens with zero attached hydrogens (tertiary/aromatic N) is 1. The van der Waals surface area contributed by atoms with Crippen molar-refractivity contribution in [3.8, 4) is 0 Å². The van der Waals surface area contributed by atoms with Crippen molar-refractivity contribution >= 4 is 15.9 Å². The van der Waals surface area contributed by atoms with E-state index in [1.807, 2.05) is 0 Å². The fourth-order valence-corrected chi connectivity index (χ4v) is 2.10. The van der Waals surface area contributed by atoms with Crippen molar-refractivity contribution in [3.05, 3.63) is 63.6 Å². The molecular weight excluding hydrogens is 335 g/mol. The molecule has 20 heavy (non-hydrogen) atoms. The molecule has 0 bridgehead atoms. The number of pyridine rings is 1. The molecule has 1 unspecified atom stereocenters. The summed E-state index contributed by atoms with van der Waals surface area (Å²) >= 11 is 3.24. The van der Waals surface area contributed by atoms with Crippen LogP contribution in [0.3, 0.4) is 0 Å². The first-order chi connectivity index (χ1) is 9.51. The van der Waals surface area contributed by atoms with E-state index in [0.717, 1.165) is 4.47 Å². The minimum Gasteiger partial charge on any atom is -0.271 e. The Labute approximate surface area is 122 Å². The van der Waals surface area contributed by atoms with E-state index in [1.54, 1.807) is 18.3 Å². The fourth-order valence-electron chi connectivity index (χ4n) is 1.87. The van der Waals surface area contributed by atoms with Crippen molar-refractivity contribution in [1.29, 1.82) is 0 Å². The molecule has 1 atom stereocenters. The maximum atomic E-state index is 13.7. The van der Waals surface area contributed by atoms with Crippen molar-refractivity contribution < 1.29 is 13.2 Å². The van der Waals surface area contributed by atoms with E-state index in [1.165, 1.54) is 0 Å². The highest BCUT2D eigenvalue weighted by Crippen LogP contribution is 2.24. The first-order valence-corrected chi connectivity index (χ1v) is 6.51. The van der Waals surface area contributed by atoms with Gasteiger partial charge < -0.3 is 0 Å². The third kappa shape index (κ3) is 3.36. The first-order valence-electron chi connectivity index (χ1n) is 5.72. The van der Waals surface area contributed by atoms with Crippen molar-refractivity contribution in [2.45, 2.75) is 12.5 Å². The molecule has 0 saturated heterocycles. The number of nitrogens with one attached hydrogen (secondary N) is 1. The lowest BCUT2D eigenvalue weighted by Gasteiger charge is -2.17. The van der Waals surface area contributed by atoms with Crippen LogP contribution in [0.4, 0.5) is 13.2 Å². The maximum Gasteiger partial charge on any atom is 0.133 e. The van der Waals surface area contributed by atoms with E-state index in [2.05, 4.69) is 26.3 Å². The van der Waals surface area contributed by atoms with Gasteiger partial charge in [0, 0.05) is 40.5 Å². The summed E-state index contributed by atoms with van der Waals surface area (Å²) in [6, 6.07) is 3.86. The molecule has 3 nitrogen and oxygen atoms in total. The second-order valence-corrected chi connectivity index (χ2v) is 5.09. The molecule has 106 valence electrons. The largest absolute Gasteiger partial charge is 0.271 e. The van der Waals surface area contributed by atoms with Crippen LogP contribution in [0, 0.1) is 17.5 Å². The number of rotatable bonds is 4. The van der Waals surface area contributed by atoms with Gasteiger partial charge in [-0.25, -0.2) is 13.2 Å². The van der Waals surface area contributed by atoms with Crippen LogP contribution in [0.1, 0.15) is 17.3 Å². The second-order valence-electron chi connectivity index (χ2n) is 4.17. The monoisotopic (exact) mass is 345 g/mol. The van der Waals surface area contributed by atoms with Crippen LogP contribution in [0.15, 0.2) is 34.9 Å². The first kappa shape index (κ1) is 15.0. The molecule has 0 fully saturated rings. The maximum absolute atomic E-state index is 13.7. The molecule has 0 aliphatic carbocycles. The Balaban J connectivity index is 2.31. The van der Waals surface area contributed by atoms with Crippen LogP contribution < -0.4 is 11.3 Å². The SMILES string of the molecule is NNC(Cc1ccc(Br)cn1)c1c(F)cc(F)cc1F. The van der Waals surface area contributed by atoms with E-state index in [0.29, 0.717) is 17.8 Å². The number of halogens is 4. The molecule has 3 N–H and O–H groups in total. The van der Waals surface area contributed by atoms with E-state index >= 15 is 0 Å². The Bertz CT molecular complexity index is 581.